The van der Waals surface area contributed by atoms with Crippen LogP contribution in [0.25, 0.3) is 0 Å². The van der Waals surface area contributed by atoms with Gasteiger partial charge in [0.1, 0.15) is 5.78 Å². The van der Waals surface area contributed by atoms with Crippen LogP contribution < -0.4 is 5.73 Å². The molecule has 0 atom stereocenters. The van der Waals surface area contributed by atoms with Gasteiger partial charge in [-0.15, -0.1) is 0 Å². The Morgan fingerprint density at radius 3 is 2.25 bits per heavy atom. The maximum atomic E-state index is 10.2. The number of hydrogen-bond acceptors (Lipinski definition) is 2. The third kappa shape index (κ3) is 5.14. The van der Waals surface area contributed by atoms with Gasteiger partial charge < -0.3 is 10.5 Å². The number of carbonyl (C=O) groups is 1. The van der Waals surface area contributed by atoms with Crippen molar-refractivity contribution < 1.29 is 4.79 Å². The van der Waals surface area contributed by atoms with E-state index in [2.05, 4.69) is 0 Å². The van der Waals surface area contributed by atoms with Crippen molar-refractivity contribution in [2.75, 3.05) is 0 Å². The molecule has 0 amide bonds. The first-order valence-electron chi connectivity index (χ1n) is 2.45. The number of hydrogen-bond donors (Lipinski definition) is 2. The highest BCUT2D eigenvalue weighted by molar-refractivity contribution is 5.83. The molecule has 0 aliphatic carbocycles. The topological polar surface area (TPSA) is 66.9 Å². The van der Waals surface area contributed by atoms with Crippen molar-refractivity contribution in [2.24, 2.45) is 5.73 Å². The van der Waals surface area contributed by atoms with Gasteiger partial charge in [0, 0.05) is 12.8 Å². The summed E-state index contributed by atoms with van der Waals surface area (Å²) in [7, 11) is 0. The van der Waals surface area contributed by atoms with Crippen LogP contribution in [-0.2, 0) is 4.79 Å². The average Bonchev–Trinajstić information content (AvgIpc) is 1.61. The molecule has 0 rings (SSSR count). The Hall–Kier alpha value is -0.860. The van der Waals surface area contributed by atoms with Gasteiger partial charge in [0.2, 0.25) is 0 Å². The third-order valence-corrected chi connectivity index (χ3v) is 0.746. The Kier molecular flexibility index (Phi) is 2.84. The van der Waals surface area contributed by atoms with Gasteiger partial charge in [0.05, 0.1) is 5.84 Å². The Morgan fingerprint density at radius 2 is 2.12 bits per heavy atom. The lowest BCUT2D eigenvalue weighted by Gasteiger charge is -1.90. The highest BCUT2D eigenvalue weighted by Crippen LogP contribution is 1.86. The van der Waals surface area contributed by atoms with Crippen LogP contribution in [0.5, 0.6) is 0 Å². The lowest BCUT2D eigenvalue weighted by molar-refractivity contribution is -0.116. The van der Waals surface area contributed by atoms with Gasteiger partial charge >= 0.3 is 0 Å². The van der Waals surface area contributed by atoms with Crippen LogP contribution >= 0.6 is 0 Å². The molecule has 3 nitrogen and oxygen atoms in total. The molecule has 0 unspecified atom stereocenters. The van der Waals surface area contributed by atoms with Gasteiger partial charge in [0.15, 0.2) is 0 Å². The quantitative estimate of drug-likeness (QED) is 0.409. The highest BCUT2D eigenvalue weighted by atomic mass is 16.1. The van der Waals surface area contributed by atoms with Crippen molar-refractivity contribution in [3.63, 3.8) is 0 Å². The summed E-state index contributed by atoms with van der Waals surface area (Å²) in [6, 6.07) is 0. The fourth-order valence-electron chi connectivity index (χ4n) is 0.311. The largest absolute Gasteiger partial charge is 0.388 e. The van der Waals surface area contributed by atoms with Crippen molar-refractivity contribution >= 4 is 11.6 Å². The first kappa shape index (κ1) is 7.14. The fourth-order valence-corrected chi connectivity index (χ4v) is 0.311. The van der Waals surface area contributed by atoms with Gasteiger partial charge in [-0.3, -0.25) is 5.41 Å². The summed E-state index contributed by atoms with van der Waals surface area (Å²) in [5, 5.41) is 6.71. The van der Waals surface area contributed by atoms with Crippen molar-refractivity contribution in [3.05, 3.63) is 0 Å². The first-order valence-corrected chi connectivity index (χ1v) is 2.45. The van der Waals surface area contributed by atoms with E-state index in [1.165, 1.54) is 6.92 Å². The molecule has 0 aliphatic heterocycles. The summed E-state index contributed by atoms with van der Waals surface area (Å²) in [6.45, 7) is 1.49. The molecule has 0 aromatic rings. The Balaban J connectivity index is 3.18. The van der Waals surface area contributed by atoms with Gasteiger partial charge in [0.25, 0.3) is 0 Å². The predicted molar refractivity (Wildman–Crippen MR) is 31.8 cm³/mol. The number of amidine groups is 1. The molecular formula is C5H10N2O. The van der Waals surface area contributed by atoms with Crippen LogP contribution in [0.3, 0.4) is 0 Å². The summed E-state index contributed by atoms with van der Waals surface area (Å²) < 4.78 is 0. The lowest BCUT2D eigenvalue weighted by atomic mass is 10.2. The summed E-state index contributed by atoms with van der Waals surface area (Å²) in [5.41, 5.74) is 4.97. The van der Waals surface area contributed by atoms with Gasteiger partial charge in [-0.25, -0.2) is 0 Å². The Bertz CT molecular complexity index is 95.0. The molecule has 3 heteroatoms. The van der Waals surface area contributed by atoms with Gasteiger partial charge in [-0.2, -0.15) is 0 Å². The van der Waals surface area contributed by atoms with E-state index in [4.69, 9.17) is 11.1 Å². The fraction of sp³-hybridized carbons (Fsp3) is 0.600. The zero-order valence-electron chi connectivity index (χ0n) is 4.90. The summed E-state index contributed by atoms with van der Waals surface area (Å²) in [4.78, 5) is 10.2. The van der Waals surface area contributed by atoms with E-state index in [-0.39, 0.29) is 11.6 Å². The summed E-state index contributed by atoms with van der Waals surface area (Å²) >= 11 is 0. The molecule has 0 radical (unpaired) electrons. The zero-order chi connectivity index (χ0) is 6.57. The minimum absolute atomic E-state index is 0.0835. The Morgan fingerprint density at radius 1 is 1.62 bits per heavy atom. The van der Waals surface area contributed by atoms with E-state index in [0.29, 0.717) is 12.8 Å². The number of ketones is 1. The monoisotopic (exact) mass is 114 g/mol. The normalized spacial score (nSPS) is 8.62. The standard InChI is InChI=1S/C5H10N2O/c1-4(8)2-3-5(6)7/h2-3H2,1H3,(H3,6,7). The molecule has 0 bridgehead atoms. The minimum atomic E-state index is 0.0835. The molecule has 0 aliphatic rings. The third-order valence-electron chi connectivity index (χ3n) is 0.746. The van der Waals surface area contributed by atoms with Crippen LogP contribution in [0.1, 0.15) is 19.8 Å². The number of Topliss-reactive ketones (excluding diaryl/α,β-unsaturated/α-hetero) is 1. The summed E-state index contributed by atoms with van der Waals surface area (Å²) in [5.74, 6) is 0.167. The van der Waals surface area contributed by atoms with Crippen molar-refractivity contribution in [3.8, 4) is 0 Å². The van der Waals surface area contributed by atoms with Crippen LogP contribution in [0, 0.1) is 5.41 Å². The minimum Gasteiger partial charge on any atom is -0.388 e. The first-order chi connectivity index (χ1) is 3.63. The van der Waals surface area contributed by atoms with E-state index >= 15 is 0 Å². The smallest absolute Gasteiger partial charge is 0.130 e. The van der Waals surface area contributed by atoms with Crippen molar-refractivity contribution in [1.29, 1.82) is 5.41 Å². The molecule has 8 heavy (non-hydrogen) atoms. The molecule has 0 spiro atoms. The van der Waals surface area contributed by atoms with Crippen LogP contribution in [0.4, 0.5) is 0 Å². The molecule has 0 aromatic carbocycles. The van der Waals surface area contributed by atoms with Crippen LogP contribution in [-0.4, -0.2) is 11.6 Å². The maximum absolute atomic E-state index is 10.2. The van der Waals surface area contributed by atoms with Crippen LogP contribution in [0.2, 0.25) is 0 Å². The molecule has 0 aromatic heterocycles. The molecule has 46 valence electrons. The van der Waals surface area contributed by atoms with E-state index in [1.807, 2.05) is 0 Å². The second-order valence-corrected chi connectivity index (χ2v) is 1.73. The zero-order valence-corrected chi connectivity index (χ0v) is 4.90. The van der Waals surface area contributed by atoms with E-state index < -0.39 is 0 Å². The Labute approximate surface area is 48.4 Å². The predicted octanol–water partition coefficient (Wildman–Crippen LogP) is 0.292. The highest BCUT2D eigenvalue weighted by Gasteiger charge is 1.92. The molecular weight excluding hydrogens is 104 g/mol. The second-order valence-electron chi connectivity index (χ2n) is 1.73. The van der Waals surface area contributed by atoms with Gasteiger partial charge in [-0.05, 0) is 6.92 Å². The second kappa shape index (κ2) is 3.18. The lowest BCUT2D eigenvalue weighted by Crippen LogP contribution is -2.10. The number of nitrogens with two attached hydrogens (primary N) is 1. The SMILES string of the molecule is CC(=O)CCC(=N)N. The van der Waals surface area contributed by atoms with Crippen molar-refractivity contribution in [1.82, 2.24) is 0 Å². The molecule has 0 saturated heterocycles. The maximum Gasteiger partial charge on any atom is 0.130 e. The molecule has 0 fully saturated rings. The molecule has 0 heterocycles. The van der Waals surface area contributed by atoms with E-state index in [1.54, 1.807) is 0 Å². The molecule has 3 N–H and O–H groups in total. The number of rotatable bonds is 3. The van der Waals surface area contributed by atoms with Gasteiger partial charge in [-0.1, -0.05) is 0 Å². The average molecular weight is 114 g/mol. The number of nitrogens with one attached hydrogen (secondary N) is 1. The van der Waals surface area contributed by atoms with E-state index in [9.17, 15) is 4.79 Å². The van der Waals surface area contributed by atoms with E-state index in [0.717, 1.165) is 0 Å². The molecule has 0 saturated carbocycles. The summed E-state index contributed by atoms with van der Waals surface area (Å²) in [6.07, 6.45) is 0.796. The van der Waals surface area contributed by atoms with Crippen LogP contribution in [0.15, 0.2) is 0 Å². The number of carbonyl (C=O) groups excluding carboxylic acids is 1. The van der Waals surface area contributed by atoms with Crippen molar-refractivity contribution in [2.45, 2.75) is 19.8 Å².